The monoisotopic (exact) mass is 498 g/mol. The number of ether oxygens (including phenoxy) is 2. The fourth-order valence-corrected chi connectivity index (χ4v) is 3.93. The molecule has 0 aliphatic rings. The van der Waals surface area contributed by atoms with Gasteiger partial charge >= 0.3 is 0 Å². The smallest absolute Gasteiger partial charge is 0.257 e. The third kappa shape index (κ3) is 7.41. The first-order valence-corrected chi connectivity index (χ1v) is 12.3. The molecule has 0 aromatic heterocycles. The molecule has 0 saturated heterocycles. The Balaban J connectivity index is 1.51. The van der Waals surface area contributed by atoms with Crippen LogP contribution in [0, 0.1) is 5.82 Å². The number of amides is 1. The fraction of sp³-hybridized carbons (Fsp3) is 0.194. The molecule has 6 heteroatoms. The van der Waals surface area contributed by atoms with Crippen LogP contribution in [-0.2, 0) is 19.8 Å². The van der Waals surface area contributed by atoms with Crippen molar-refractivity contribution in [2.24, 2.45) is 5.73 Å². The standard InChI is InChI=1S/C31H31FN2O3/c32-27-17-15-25(16-18-27)23-36-29-13-6-4-11-26(29)21-34(20-8-19-33)31(35)28-12-5-7-14-30(28)37-22-24-9-2-1-3-10-24/h1-7,9-18H,8,19-23,33H2. The van der Waals surface area contributed by atoms with E-state index >= 15 is 0 Å². The van der Waals surface area contributed by atoms with E-state index in [1.54, 1.807) is 23.1 Å². The lowest BCUT2D eigenvalue weighted by Gasteiger charge is -2.25. The van der Waals surface area contributed by atoms with Crippen LogP contribution in [-0.4, -0.2) is 23.9 Å². The molecule has 2 N–H and O–H groups in total. The van der Waals surface area contributed by atoms with Gasteiger partial charge in [0.25, 0.3) is 5.91 Å². The number of benzene rings is 4. The highest BCUT2D eigenvalue weighted by Gasteiger charge is 2.21. The van der Waals surface area contributed by atoms with Crippen LogP contribution in [0.3, 0.4) is 0 Å². The predicted molar refractivity (Wildman–Crippen MR) is 143 cm³/mol. The minimum Gasteiger partial charge on any atom is -0.489 e. The van der Waals surface area contributed by atoms with Gasteiger partial charge in [0, 0.05) is 18.7 Å². The second-order valence-electron chi connectivity index (χ2n) is 8.66. The van der Waals surface area contributed by atoms with Crippen molar-refractivity contribution in [1.29, 1.82) is 0 Å². The highest BCUT2D eigenvalue weighted by molar-refractivity contribution is 5.97. The zero-order chi connectivity index (χ0) is 25.9. The van der Waals surface area contributed by atoms with Gasteiger partial charge in [-0.3, -0.25) is 4.79 Å². The molecule has 190 valence electrons. The maximum atomic E-state index is 13.7. The summed E-state index contributed by atoms with van der Waals surface area (Å²) in [5.41, 5.74) is 9.05. The first-order chi connectivity index (χ1) is 18.1. The zero-order valence-electron chi connectivity index (χ0n) is 20.7. The van der Waals surface area contributed by atoms with E-state index in [1.807, 2.05) is 72.8 Å². The van der Waals surface area contributed by atoms with Crippen molar-refractivity contribution in [3.05, 3.63) is 131 Å². The second-order valence-corrected chi connectivity index (χ2v) is 8.66. The number of carbonyl (C=O) groups is 1. The fourth-order valence-electron chi connectivity index (χ4n) is 3.93. The van der Waals surface area contributed by atoms with E-state index in [9.17, 15) is 9.18 Å². The molecule has 0 atom stereocenters. The van der Waals surface area contributed by atoms with Gasteiger partial charge in [-0.1, -0.05) is 72.8 Å². The van der Waals surface area contributed by atoms with Crippen LogP contribution in [0.15, 0.2) is 103 Å². The van der Waals surface area contributed by atoms with Crippen molar-refractivity contribution in [2.45, 2.75) is 26.2 Å². The maximum Gasteiger partial charge on any atom is 0.257 e. The van der Waals surface area contributed by atoms with E-state index < -0.39 is 0 Å². The van der Waals surface area contributed by atoms with E-state index in [4.69, 9.17) is 15.2 Å². The summed E-state index contributed by atoms with van der Waals surface area (Å²) >= 11 is 0. The molecule has 0 bridgehead atoms. The van der Waals surface area contributed by atoms with Crippen LogP contribution in [0.25, 0.3) is 0 Å². The van der Waals surface area contributed by atoms with Crippen molar-refractivity contribution >= 4 is 5.91 Å². The van der Waals surface area contributed by atoms with Gasteiger partial charge in [-0.25, -0.2) is 4.39 Å². The SMILES string of the molecule is NCCCN(Cc1ccccc1OCc1ccc(F)cc1)C(=O)c1ccccc1OCc1ccccc1. The van der Waals surface area contributed by atoms with E-state index in [1.165, 1.54) is 12.1 Å². The molecular weight excluding hydrogens is 467 g/mol. The van der Waals surface area contributed by atoms with Crippen LogP contribution < -0.4 is 15.2 Å². The Morgan fingerprint density at radius 1 is 0.730 bits per heavy atom. The van der Waals surface area contributed by atoms with Gasteiger partial charge < -0.3 is 20.1 Å². The van der Waals surface area contributed by atoms with Crippen molar-refractivity contribution in [1.82, 2.24) is 4.90 Å². The van der Waals surface area contributed by atoms with Gasteiger partial charge in [-0.05, 0) is 54.4 Å². The van der Waals surface area contributed by atoms with E-state index in [0.717, 1.165) is 16.7 Å². The Hall–Kier alpha value is -4.16. The Labute approximate surface area is 217 Å². The molecule has 0 aliphatic carbocycles. The van der Waals surface area contributed by atoms with Gasteiger partial charge in [-0.2, -0.15) is 0 Å². The average molecular weight is 499 g/mol. The lowest BCUT2D eigenvalue weighted by molar-refractivity contribution is 0.0735. The summed E-state index contributed by atoms with van der Waals surface area (Å²) in [5.74, 6) is 0.789. The van der Waals surface area contributed by atoms with Crippen LogP contribution in [0.2, 0.25) is 0 Å². The lowest BCUT2D eigenvalue weighted by atomic mass is 10.1. The van der Waals surface area contributed by atoms with E-state index in [2.05, 4.69) is 0 Å². The quantitative estimate of drug-likeness (QED) is 0.261. The first-order valence-electron chi connectivity index (χ1n) is 12.3. The van der Waals surface area contributed by atoms with Crippen molar-refractivity contribution < 1.29 is 18.7 Å². The molecule has 4 aromatic carbocycles. The summed E-state index contributed by atoms with van der Waals surface area (Å²) in [6, 6.07) is 31.0. The Kier molecular flexibility index (Phi) is 9.27. The number of nitrogens with zero attached hydrogens (tertiary/aromatic N) is 1. The normalized spacial score (nSPS) is 10.6. The largest absolute Gasteiger partial charge is 0.489 e. The number of halogens is 1. The molecule has 4 aromatic rings. The van der Waals surface area contributed by atoms with Gasteiger partial charge in [-0.15, -0.1) is 0 Å². The summed E-state index contributed by atoms with van der Waals surface area (Å²) in [7, 11) is 0. The van der Waals surface area contributed by atoms with Crippen molar-refractivity contribution in [3.63, 3.8) is 0 Å². The molecule has 4 rings (SSSR count). The van der Waals surface area contributed by atoms with Crippen molar-refractivity contribution in [2.75, 3.05) is 13.1 Å². The topological polar surface area (TPSA) is 64.8 Å². The molecular formula is C31H31FN2O3. The van der Waals surface area contributed by atoms with E-state index in [-0.39, 0.29) is 11.7 Å². The number of para-hydroxylation sites is 2. The molecule has 1 amide bonds. The lowest BCUT2D eigenvalue weighted by Crippen LogP contribution is -2.33. The van der Waals surface area contributed by atoms with Gasteiger partial charge in [0.2, 0.25) is 0 Å². The number of hydrogen-bond acceptors (Lipinski definition) is 4. The van der Waals surface area contributed by atoms with Crippen LogP contribution in [0.5, 0.6) is 11.5 Å². The number of hydrogen-bond donors (Lipinski definition) is 1. The number of rotatable bonds is 12. The summed E-state index contributed by atoms with van der Waals surface area (Å²) in [4.78, 5) is 15.5. The van der Waals surface area contributed by atoms with Gasteiger partial charge in [0.05, 0.1) is 5.56 Å². The third-order valence-electron chi connectivity index (χ3n) is 5.92. The van der Waals surface area contributed by atoms with Gasteiger partial charge in [0.15, 0.2) is 0 Å². The average Bonchev–Trinajstić information content (AvgIpc) is 2.95. The van der Waals surface area contributed by atoms with Crippen molar-refractivity contribution in [3.8, 4) is 11.5 Å². The summed E-state index contributed by atoms with van der Waals surface area (Å²) in [6.45, 7) is 1.98. The minimum absolute atomic E-state index is 0.134. The molecule has 5 nitrogen and oxygen atoms in total. The van der Waals surface area contributed by atoms with Gasteiger partial charge in [0.1, 0.15) is 30.5 Å². The Morgan fingerprint density at radius 3 is 2.05 bits per heavy atom. The first kappa shape index (κ1) is 25.9. The summed E-state index contributed by atoms with van der Waals surface area (Å²) in [5, 5.41) is 0. The third-order valence-corrected chi connectivity index (χ3v) is 5.92. The predicted octanol–water partition coefficient (Wildman–Crippen LogP) is 5.97. The van der Waals surface area contributed by atoms with E-state index in [0.29, 0.717) is 56.3 Å². The molecule has 0 saturated carbocycles. The zero-order valence-corrected chi connectivity index (χ0v) is 20.7. The van der Waals surface area contributed by atoms with Crippen LogP contribution >= 0.6 is 0 Å². The minimum atomic E-state index is -0.286. The number of nitrogens with two attached hydrogens (primary N) is 1. The van der Waals surface area contributed by atoms with Crippen LogP contribution in [0.1, 0.15) is 33.5 Å². The molecule has 37 heavy (non-hydrogen) atoms. The summed E-state index contributed by atoms with van der Waals surface area (Å²) in [6.07, 6.45) is 0.664. The molecule has 0 unspecified atom stereocenters. The maximum absolute atomic E-state index is 13.7. The molecule has 0 fully saturated rings. The van der Waals surface area contributed by atoms with Crippen LogP contribution in [0.4, 0.5) is 4.39 Å². The molecule has 0 heterocycles. The Bertz CT molecular complexity index is 1280. The molecule has 0 spiro atoms. The second kappa shape index (κ2) is 13.2. The molecule has 0 radical (unpaired) electrons. The summed E-state index contributed by atoms with van der Waals surface area (Å²) < 4.78 is 25.3. The molecule has 0 aliphatic heterocycles. The highest BCUT2D eigenvalue weighted by atomic mass is 19.1. The number of carbonyl (C=O) groups excluding carboxylic acids is 1. The highest BCUT2D eigenvalue weighted by Crippen LogP contribution is 2.25. The Morgan fingerprint density at radius 2 is 1.32 bits per heavy atom.